The summed E-state index contributed by atoms with van der Waals surface area (Å²) >= 11 is 0. The molecule has 0 aliphatic carbocycles. The predicted octanol–water partition coefficient (Wildman–Crippen LogP) is 2.02. The Hall–Kier alpha value is 0.140. The predicted molar refractivity (Wildman–Crippen MR) is 96.3 cm³/mol. The van der Waals surface area contributed by atoms with Gasteiger partial charge in [0, 0.05) is 28.4 Å². The summed E-state index contributed by atoms with van der Waals surface area (Å²) in [5.74, 6) is 0. The van der Waals surface area contributed by atoms with Crippen LogP contribution in [0.2, 0.25) is 0 Å². The molecule has 0 radical (unpaired) electrons. The zero-order valence-corrected chi connectivity index (χ0v) is 17.8. The maximum Gasteiger partial charge on any atom is 0.332 e. The third-order valence-corrected chi connectivity index (χ3v) is 6.93. The van der Waals surface area contributed by atoms with Crippen molar-refractivity contribution < 1.29 is 46.2 Å². The molecule has 12 heteroatoms. The smallest absolute Gasteiger partial charge is 0.332 e. The lowest BCUT2D eigenvalue weighted by Crippen LogP contribution is -2.13. The molecule has 0 unspecified atom stereocenters. The minimum Gasteiger partial charge on any atom is -0.378 e. The first-order valence-electron chi connectivity index (χ1n) is 8.17. The molecule has 158 valence electrons. The van der Waals surface area contributed by atoms with Gasteiger partial charge in [-0.15, -0.1) is 0 Å². The summed E-state index contributed by atoms with van der Waals surface area (Å²) in [6, 6.07) is 0. The molecule has 0 atom stereocenters. The molecule has 0 aromatic carbocycles. The number of hydrogen-bond donors (Lipinski definition) is 0. The molecule has 0 spiro atoms. The van der Waals surface area contributed by atoms with E-state index in [4.69, 9.17) is 37.0 Å². The van der Waals surface area contributed by atoms with E-state index >= 15 is 0 Å². The molecule has 10 nitrogen and oxygen atoms in total. The van der Waals surface area contributed by atoms with E-state index in [2.05, 4.69) is 0 Å². The Morgan fingerprint density at radius 1 is 0.462 bits per heavy atom. The molecule has 0 aromatic rings. The van der Waals surface area contributed by atoms with Gasteiger partial charge < -0.3 is 37.0 Å². The van der Waals surface area contributed by atoms with Gasteiger partial charge in [-0.25, -0.2) is 0 Å². The average Bonchev–Trinajstić information content (AvgIpc) is 2.67. The van der Waals surface area contributed by atoms with Gasteiger partial charge >= 0.3 is 15.2 Å². The van der Waals surface area contributed by atoms with Crippen LogP contribution in [-0.4, -0.2) is 93.6 Å². The molecule has 0 aromatic heterocycles. The topological polar surface area (TPSA) is 108 Å². The molecule has 0 aliphatic rings. The molecular formula is C14H32O10P2. The molecule has 0 fully saturated rings. The quantitative estimate of drug-likeness (QED) is 0.227. The van der Waals surface area contributed by atoms with Gasteiger partial charge in [0.05, 0.1) is 65.2 Å². The van der Waals surface area contributed by atoms with Crippen LogP contribution in [0.1, 0.15) is 0 Å². The maximum absolute atomic E-state index is 11.7. The van der Waals surface area contributed by atoms with Crippen LogP contribution in [0, 0.1) is 0 Å². The van der Waals surface area contributed by atoms with Gasteiger partial charge in [-0.2, -0.15) is 0 Å². The first-order valence-corrected chi connectivity index (χ1v) is 11.6. The van der Waals surface area contributed by atoms with Crippen molar-refractivity contribution in [2.45, 2.75) is 0 Å². The number of ether oxygens (including phenoxy) is 4. The Labute approximate surface area is 155 Å². The molecule has 0 N–H and O–H groups in total. The van der Waals surface area contributed by atoms with Gasteiger partial charge in [0.15, 0.2) is 0 Å². The van der Waals surface area contributed by atoms with Crippen LogP contribution in [-0.2, 0) is 46.2 Å². The van der Waals surface area contributed by atoms with Gasteiger partial charge in [0.2, 0.25) is 0 Å². The molecule has 26 heavy (non-hydrogen) atoms. The molecule has 0 amide bonds. The second kappa shape index (κ2) is 16.1. The van der Waals surface area contributed by atoms with E-state index in [9.17, 15) is 9.13 Å². The summed E-state index contributed by atoms with van der Waals surface area (Å²) in [4.78, 5) is 0. The Bertz CT molecular complexity index is 367. The summed E-state index contributed by atoms with van der Waals surface area (Å²) < 4.78 is 63.8. The van der Waals surface area contributed by atoms with E-state index < -0.39 is 15.2 Å². The van der Waals surface area contributed by atoms with E-state index in [1.165, 1.54) is 28.4 Å². The van der Waals surface area contributed by atoms with Crippen molar-refractivity contribution in [2.75, 3.05) is 93.6 Å². The lowest BCUT2D eigenvalue weighted by atomic mass is 10.7. The third-order valence-electron chi connectivity index (χ3n) is 3.25. The Morgan fingerprint density at radius 3 is 0.923 bits per heavy atom. The van der Waals surface area contributed by atoms with Crippen molar-refractivity contribution in [3.8, 4) is 0 Å². The van der Waals surface area contributed by atoms with Crippen molar-refractivity contribution in [1.29, 1.82) is 0 Å². The summed E-state index contributed by atoms with van der Waals surface area (Å²) in [5, 5.41) is 0. The Kier molecular flexibility index (Phi) is 16.2. The van der Waals surface area contributed by atoms with E-state index in [1.54, 1.807) is 0 Å². The molecule has 0 saturated carbocycles. The SMILES string of the molecule is COP(=O)(CCOCCOCCOCCOCCP(=O)(OC)OC)OC. The number of hydrogen-bond acceptors (Lipinski definition) is 10. The van der Waals surface area contributed by atoms with Crippen LogP contribution in [0.3, 0.4) is 0 Å². The highest BCUT2D eigenvalue weighted by Gasteiger charge is 2.20. The van der Waals surface area contributed by atoms with Crippen LogP contribution in [0.5, 0.6) is 0 Å². The summed E-state index contributed by atoms with van der Waals surface area (Å²) in [6.45, 7) is 3.00. The van der Waals surface area contributed by atoms with Gasteiger partial charge in [0.1, 0.15) is 0 Å². The fourth-order valence-electron chi connectivity index (χ4n) is 1.63. The first-order chi connectivity index (χ1) is 12.4. The van der Waals surface area contributed by atoms with Crippen molar-refractivity contribution in [2.24, 2.45) is 0 Å². The maximum atomic E-state index is 11.7. The Morgan fingerprint density at radius 2 is 0.692 bits per heavy atom. The van der Waals surface area contributed by atoms with Gasteiger partial charge in [-0.3, -0.25) is 9.13 Å². The third kappa shape index (κ3) is 13.3. The fourth-order valence-corrected chi connectivity index (χ4v) is 3.36. The van der Waals surface area contributed by atoms with Crippen LogP contribution in [0.4, 0.5) is 0 Å². The van der Waals surface area contributed by atoms with Crippen LogP contribution in [0.25, 0.3) is 0 Å². The second-order valence-electron chi connectivity index (χ2n) is 4.85. The first kappa shape index (κ1) is 26.1. The zero-order valence-electron chi connectivity index (χ0n) is 16.0. The molecular weight excluding hydrogens is 390 g/mol. The van der Waals surface area contributed by atoms with Crippen LogP contribution in [0.15, 0.2) is 0 Å². The fraction of sp³-hybridized carbons (Fsp3) is 1.00. The molecule has 0 rings (SSSR count). The van der Waals surface area contributed by atoms with Gasteiger partial charge in [0.25, 0.3) is 0 Å². The van der Waals surface area contributed by atoms with Crippen molar-refractivity contribution in [3.63, 3.8) is 0 Å². The van der Waals surface area contributed by atoms with Crippen molar-refractivity contribution >= 4 is 15.2 Å². The molecule has 0 aliphatic heterocycles. The standard InChI is InChI=1S/C14H32O10P2/c1-17-25(15,18-2)13-11-23-9-7-21-5-6-22-8-10-24-12-14-26(16,19-3)20-4/h5-14H2,1-4H3. The van der Waals surface area contributed by atoms with Crippen molar-refractivity contribution in [1.82, 2.24) is 0 Å². The largest absolute Gasteiger partial charge is 0.378 e. The van der Waals surface area contributed by atoms with E-state index in [0.29, 0.717) is 39.6 Å². The minimum absolute atomic E-state index is 0.202. The van der Waals surface area contributed by atoms with E-state index in [1.807, 2.05) is 0 Å². The van der Waals surface area contributed by atoms with Crippen molar-refractivity contribution in [3.05, 3.63) is 0 Å². The highest BCUT2D eigenvalue weighted by Crippen LogP contribution is 2.46. The van der Waals surface area contributed by atoms with Gasteiger partial charge in [-0.1, -0.05) is 0 Å². The zero-order chi connectivity index (χ0) is 19.7. The van der Waals surface area contributed by atoms with Crippen LogP contribution < -0.4 is 0 Å². The lowest BCUT2D eigenvalue weighted by molar-refractivity contribution is 0.000712. The normalized spacial score (nSPS) is 12.6. The second-order valence-corrected chi connectivity index (χ2v) is 9.65. The monoisotopic (exact) mass is 422 g/mol. The summed E-state index contributed by atoms with van der Waals surface area (Å²) in [7, 11) is -0.635. The van der Waals surface area contributed by atoms with E-state index in [0.717, 1.165) is 0 Å². The molecule has 0 heterocycles. The summed E-state index contributed by atoms with van der Waals surface area (Å²) in [5.41, 5.74) is 0. The summed E-state index contributed by atoms with van der Waals surface area (Å²) in [6.07, 6.45) is 0.403. The van der Waals surface area contributed by atoms with Gasteiger partial charge in [-0.05, 0) is 0 Å². The lowest BCUT2D eigenvalue weighted by Gasteiger charge is -2.13. The highest BCUT2D eigenvalue weighted by atomic mass is 31.2. The van der Waals surface area contributed by atoms with Crippen LogP contribution >= 0.6 is 15.2 Å². The Balaban J connectivity index is 3.32. The average molecular weight is 422 g/mol. The number of rotatable bonds is 19. The highest BCUT2D eigenvalue weighted by molar-refractivity contribution is 7.54. The minimum atomic E-state index is -3.00. The molecule has 0 bridgehead atoms. The van der Waals surface area contributed by atoms with E-state index in [-0.39, 0.29) is 25.5 Å². The molecule has 0 saturated heterocycles.